The summed E-state index contributed by atoms with van der Waals surface area (Å²) in [5, 5.41) is 0.263. The van der Waals surface area contributed by atoms with Crippen LogP contribution in [0.1, 0.15) is 20.8 Å². The van der Waals surface area contributed by atoms with Crippen molar-refractivity contribution in [1.82, 2.24) is 0 Å². The van der Waals surface area contributed by atoms with Gasteiger partial charge in [0.1, 0.15) is 5.70 Å². The van der Waals surface area contributed by atoms with Gasteiger partial charge in [-0.25, -0.2) is 0 Å². The predicted octanol–water partition coefficient (Wildman–Crippen LogP) is 2.28. The van der Waals surface area contributed by atoms with Crippen LogP contribution in [0, 0.1) is 0 Å². The second kappa shape index (κ2) is 9.55. The van der Waals surface area contributed by atoms with Crippen LogP contribution in [0.5, 0.6) is 0 Å². The molecule has 0 rings (SSSR count). The lowest BCUT2D eigenvalue weighted by Crippen LogP contribution is -2.13. The van der Waals surface area contributed by atoms with Gasteiger partial charge in [0, 0.05) is 11.2 Å². The molecule has 0 atom stereocenters. The summed E-state index contributed by atoms with van der Waals surface area (Å²) in [5.74, 6) is -0.431. The van der Waals surface area contributed by atoms with E-state index in [9.17, 15) is 4.79 Å². The van der Waals surface area contributed by atoms with Gasteiger partial charge in [0.05, 0.1) is 5.88 Å². The molecule has 0 aliphatic heterocycles. The number of nitrogens with two attached hydrogens (primary N) is 1. The number of alkyl halides is 1. The molecule has 76 valence electrons. The number of nitrogens with zero attached hydrogens (tertiary/aromatic N) is 1. The summed E-state index contributed by atoms with van der Waals surface area (Å²) in [7, 11) is 0. The molecule has 0 aliphatic rings. The van der Waals surface area contributed by atoms with E-state index in [1.807, 2.05) is 13.8 Å². The standard InChI is InChI=1S/C6H8Cl2N2O.C2H6/c1-4(8)5(6(9)11)10-3-2-7;1-2/h3H,2H2,1H3,(H2,9,11);1-2H3/b5-4+,10-3?;. The van der Waals surface area contributed by atoms with Gasteiger partial charge in [0.15, 0.2) is 0 Å². The molecule has 0 radical (unpaired) electrons. The number of amides is 1. The molecule has 0 aromatic carbocycles. The third-order valence-electron chi connectivity index (χ3n) is 0.849. The molecule has 0 heterocycles. The van der Waals surface area contributed by atoms with Crippen LogP contribution in [-0.4, -0.2) is 18.0 Å². The lowest BCUT2D eigenvalue weighted by Gasteiger charge is -1.94. The Bertz CT molecular complexity index is 208. The van der Waals surface area contributed by atoms with Crippen LogP contribution in [0.2, 0.25) is 0 Å². The fourth-order valence-corrected chi connectivity index (χ4v) is 0.659. The molecule has 0 saturated carbocycles. The number of allylic oxidation sites excluding steroid dienone is 1. The normalized spacial score (nSPS) is 11.8. The summed E-state index contributed by atoms with van der Waals surface area (Å²) in [6, 6.07) is 0. The van der Waals surface area contributed by atoms with E-state index in [0.29, 0.717) is 0 Å². The van der Waals surface area contributed by atoms with Crippen molar-refractivity contribution < 1.29 is 4.79 Å². The molecule has 0 fully saturated rings. The van der Waals surface area contributed by atoms with E-state index >= 15 is 0 Å². The van der Waals surface area contributed by atoms with Gasteiger partial charge < -0.3 is 5.73 Å². The summed E-state index contributed by atoms with van der Waals surface area (Å²) < 4.78 is 0. The number of carbonyl (C=O) groups is 1. The van der Waals surface area contributed by atoms with Crippen molar-refractivity contribution in [1.29, 1.82) is 0 Å². The van der Waals surface area contributed by atoms with Gasteiger partial charge in [-0.3, -0.25) is 9.79 Å². The highest BCUT2D eigenvalue weighted by atomic mass is 35.5. The number of aliphatic imine (C=N–C) groups is 1. The first kappa shape index (κ1) is 15.0. The zero-order valence-corrected chi connectivity index (χ0v) is 9.49. The Morgan fingerprint density at radius 2 is 2.00 bits per heavy atom. The number of hydrogen-bond donors (Lipinski definition) is 1. The Kier molecular flexibility index (Phi) is 11.0. The van der Waals surface area contributed by atoms with Gasteiger partial charge in [-0.15, -0.1) is 11.6 Å². The minimum absolute atomic E-state index is 0.0484. The number of primary amides is 1. The monoisotopic (exact) mass is 224 g/mol. The van der Waals surface area contributed by atoms with Crippen LogP contribution < -0.4 is 5.73 Å². The Hall–Kier alpha value is -0.540. The van der Waals surface area contributed by atoms with Crippen molar-refractivity contribution in [2.75, 3.05) is 5.88 Å². The molecule has 0 bridgehead atoms. The van der Waals surface area contributed by atoms with Gasteiger partial charge in [-0.05, 0) is 6.92 Å². The molecular weight excluding hydrogens is 211 g/mol. The van der Waals surface area contributed by atoms with E-state index in [4.69, 9.17) is 28.9 Å². The van der Waals surface area contributed by atoms with E-state index in [0.717, 1.165) is 0 Å². The molecule has 3 nitrogen and oxygen atoms in total. The minimum Gasteiger partial charge on any atom is -0.364 e. The van der Waals surface area contributed by atoms with Crippen LogP contribution in [0.25, 0.3) is 0 Å². The Balaban J connectivity index is 0. The second-order valence-corrected chi connectivity index (χ2v) is 2.59. The molecule has 0 aromatic rings. The molecule has 0 spiro atoms. The van der Waals surface area contributed by atoms with Crippen molar-refractivity contribution in [2.45, 2.75) is 20.8 Å². The Morgan fingerprint density at radius 1 is 1.54 bits per heavy atom. The molecule has 0 unspecified atom stereocenters. The number of rotatable bonds is 3. The number of carbonyl (C=O) groups excluding carboxylic acids is 1. The number of hydrogen-bond acceptors (Lipinski definition) is 2. The van der Waals surface area contributed by atoms with Crippen molar-refractivity contribution in [3.05, 3.63) is 10.7 Å². The third-order valence-corrected chi connectivity index (χ3v) is 1.17. The SMILES string of the molecule is C/C(Cl)=C(\N=CCCl)C(N)=O.CC. The Morgan fingerprint density at radius 3 is 2.23 bits per heavy atom. The first-order valence-corrected chi connectivity index (χ1v) is 4.75. The molecule has 5 heteroatoms. The first-order valence-electron chi connectivity index (χ1n) is 3.84. The molecule has 0 aromatic heterocycles. The van der Waals surface area contributed by atoms with Gasteiger partial charge >= 0.3 is 0 Å². The average Bonchev–Trinajstić information content (AvgIpc) is 2.07. The van der Waals surface area contributed by atoms with Gasteiger partial charge in [0.25, 0.3) is 5.91 Å². The van der Waals surface area contributed by atoms with Crippen LogP contribution >= 0.6 is 23.2 Å². The highest BCUT2D eigenvalue weighted by Gasteiger charge is 2.04. The van der Waals surface area contributed by atoms with Gasteiger partial charge in [0.2, 0.25) is 0 Å². The lowest BCUT2D eigenvalue weighted by atomic mass is 10.4. The lowest BCUT2D eigenvalue weighted by molar-refractivity contribution is -0.114. The summed E-state index contributed by atoms with van der Waals surface area (Å²) in [5.41, 5.74) is 4.99. The van der Waals surface area contributed by atoms with Crippen LogP contribution in [0.4, 0.5) is 0 Å². The van der Waals surface area contributed by atoms with E-state index < -0.39 is 5.91 Å². The zero-order valence-electron chi connectivity index (χ0n) is 7.97. The highest BCUT2D eigenvalue weighted by Crippen LogP contribution is 2.08. The average molecular weight is 225 g/mol. The minimum atomic E-state index is -0.654. The highest BCUT2D eigenvalue weighted by molar-refractivity contribution is 6.31. The number of halogens is 2. The van der Waals surface area contributed by atoms with Crippen molar-refractivity contribution >= 4 is 35.3 Å². The van der Waals surface area contributed by atoms with Crippen LogP contribution in [0.3, 0.4) is 0 Å². The van der Waals surface area contributed by atoms with Crippen molar-refractivity contribution in [2.24, 2.45) is 10.7 Å². The van der Waals surface area contributed by atoms with E-state index in [1.54, 1.807) is 0 Å². The fraction of sp³-hybridized carbons (Fsp3) is 0.500. The summed E-state index contributed by atoms with van der Waals surface area (Å²) >= 11 is 10.8. The van der Waals surface area contributed by atoms with E-state index in [2.05, 4.69) is 4.99 Å². The molecule has 13 heavy (non-hydrogen) atoms. The quantitative estimate of drug-likeness (QED) is 0.447. The topological polar surface area (TPSA) is 55.4 Å². The van der Waals surface area contributed by atoms with Gasteiger partial charge in [-0.2, -0.15) is 0 Å². The van der Waals surface area contributed by atoms with Crippen molar-refractivity contribution in [3.63, 3.8) is 0 Å². The molecule has 0 saturated heterocycles. The molecule has 1 amide bonds. The van der Waals surface area contributed by atoms with E-state index in [-0.39, 0.29) is 16.6 Å². The maximum atomic E-state index is 10.6. The van der Waals surface area contributed by atoms with E-state index in [1.165, 1.54) is 13.1 Å². The smallest absolute Gasteiger partial charge is 0.268 e. The Labute approximate surface area is 88.6 Å². The zero-order chi connectivity index (χ0) is 10.9. The second-order valence-electron chi connectivity index (χ2n) is 1.71. The maximum absolute atomic E-state index is 10.6. The first-order chi connectivity index (χ1) is 6.09. The maximum Gasteiger partial charge on any atom is 0.268 e. The summed E-state index contributed by atoms with van der Waals surface area (Å²) in [6.45, 7) is 5.53. The molecular formula is C8H14Cl2N2O. The van der Waals surface area contributed by atoms with Gasteiger partial charge in [-0.1, -0.05) is 25.4 Å². The van der Waals surface area contributed by atoms with Crippen LogP contribution in [-0.2, 0) is 4.79 Å². The van der Waals surface area contributed by atoms with Crippen LogP contribution in [0.15, 0.2) is 15.7 Å². The molecule has 2 N–H and O–H groups in total. The largest absolute Gasteiger partial charge is 0.364 e. The molecule has 0 aliphatic carbocycles. The summed E-state index contributed by atoms with van der Waals surface area (Å²) in [4.78, 5) is 14.2. The summed E-state index contributed by atoms with van der Waals surface area (Å²) in [6.07, 6.45) is 1.35. The third kappa shape index (κ3) is 7.81. The predicted molar refractivity (Wildman–Crippen MR) is 58.3 cm³/mol. The van der Waals surface area contributed by atoms with Crippen molar-refractivity contribution in [3.8, 4) is 0 Å². The fourth-order valence-electron chi connectivity index (χ4n) is 0.448.